The Morgan fingerprint density at radius 2 is 1.83 bits per heavy atom. The standard InChI is InChI=1S/C25H23N3O2/c1-3-15-28(17-23-26-25(27-30-23)20-13-11-18(2)12-14-20)24(29)16-21-9-6-8-19-7-4-5-10-22(19)21/h3-14H,1,15-17H2,2H3. The smallest absolute Gasteiger partial charge is 0.246 e. The lowest BCUT2D eigenvalue weighted by Crippen LogP contribution is -2.32. The molecule has 150 valence electrons. The highest BCUT2D eigenvalue weighted by Crippen LogP contribution is 2.21. The molecule has 0 saturated carbocycles. The van der Waals surface area contributed by atoms with Gasteiger partial charge in [0.2, 0.25) is 17.6 Å². The number of hydrogen-bond acceptors (Lipinski definition) is 4. The van der Waals surface area contributed by atoms with E-state index in [9.17, 15) is 4.79 Å². The van der Waals surface area contributed by atoms with Crippen molar-refractivity contribution in [1.29, 1.82) is 0 Å². The maximum atomic E-state index is 13.1. The maximum Gasteiger partial charge on any atom is 0.246 e. The predicted molar refractivity (Wildman–Crippen MR) is 118 cm³/mol. The minimum atomic E-state index is -0.0126. The number of carbonyl (C=O) groups excluding carboxylic acids is 1. The second kappa shape index (κ2) is 8.74. The summed E-state index contributed by atoms with van der Waals surface area (Å²) in [6, 6.07) is 22.0. The molecule has 0 atom stereocenters. The second-order valence-electron chi connectivity index (χ2n) is 7.26. The molecule has 1 aromatic heterocycles. The van der Waals surface area contributed by atoms with Crippen LogP contribution >= 0.6 is 0 Å². The summed E-state index contributed by atoms with van der Waals surface area (Å²) >= 11 is 0. The zero-order valence-electron chi connectivity index (χ0n) is 16.9. The molecule has 0 N–H and O–H groups in total. The van der Waals surface area contributed by atoms with Crippen LogP contribution < -0.4 is 0 Å². The number of aromatic nitrogens is 2. The van der Waals surface area contributed by atoms with Gasteiger partial charge in [0, 0.05) is 12.1 Å². The van der Waals surface area contributed by atoms with Crippen molar-refractivity contribution >= 4 is 16.7 Å². The van der Waals surface area contributed by atoms with Gasteiger partial charge in [-0.15, -0.1) is 6.58 Å². The van der Waals surface area contributed by atoms with Gasteiger partial charge in [-0.25, -0.2) is 0 Å². The summed E-state index contributed by atoms with van der Waals surface area (Å²) in [6.07, 6.45) is 2.01. The second-order valence-corrected chi connectivity index (χ2v) is 7.26. The zero-order valence-corrected chi connectivity index (χ0v) is 16.9. The van der Waals surface area contributed by atoms with Gasteiger partial charge in [0.1, 0.15) is 6.54 Å². The molecular formula is C25H23N3O2. The molecule has 30 heavy (non-hydrogen) atoms. The lowest BCUT2D eigenvalue weighted by molar-refractivity contribution is -0.130. The third-order valence-electron chi connectivity index (χ3n) is 5.03. The molecular weight excluding hydrogens is 374 g/mol. The number of amides is 1. The summed E-state index contributed by atoms with van der Waals surface area (Å²) in [4.78, 5) is 19.2. The number of hydrogen-bond donors (Lipinski definition) is 0. The molecule has 4 aromatic rings. The molecule has 0 radical (unpaired) electrons. The Balaban J connectivity index is 1.51. The molecule has 0 aliphatic rings. The van der Waals surface area contributed by atoms with Crippen LogP contribution in [-0.4, -0.2) is 27.5 Å². The first-order valence-corrected chi connectivity index (χ1v) is 9.89. The van der Waals surface area contributed by atoms with E-state index in [2.05, 4.69) is 28.9 Å². The summed E-state index contributed by atoms with van der Waals surface area (Å²) in [5.74, 6) is 0.907. The summed E-state index contributed by atoms with van der Waals surface area (Å²) in [5.41, 5.74) is 3.05. The Morgan fingerprint density at radius 1 is 1.07 bits per heavy atom. The fraction of sp³-hybridized carbons (Fsp3) is 0.160. The average Bonchev–Trinajstić information content (AvgIpc) is 3.23. The quantitative estimate of drug-likeness (QED) is 0.414. The molecule has 5 nitrogen and oxygen atoms in total. The largest absolute Gasteiger partial charge is 0.337 e. The van der Waals surface area contributed by atoms with Crippen LogP contribution in [0.1, 0.15) is 17.0 Å². The Bertz CT molecular complexity index is 1170. The number of carbonyl (C=O) groups is 1. The third-order valence-corrected chi connectivity index (χ3v) is 5.03. The van der Waals surface area contributed by atoms with Crippen LogP contribution in [-0.2, 0) is 17.8 Å². The van der Waals surface area contributed by atoms with Crippen molar-refractivity contribution in [2.24, 2.45) is 0 Å². The molecule has 1 amide bonds. The van der Waals surface area contributed by atoms with Gasteiger partial charge < -0.3 is 9.42 Å². The van der Waals surface area contributed by atoms with E-state index in [4.69, 9.17) is 4.52 Å². The molecule has 0 unspecified atom stereocenters. The van der Waals surface area contributed by atoms with Crippen LogP contribution in [0.15, 0.2) is 83.9 Å². The molecule has 4 rings (SSSR count). The first-order valence-electron chi connectivity index (χ1n) is 9.89. The minimum Gasteiger partial charge on any atom is -0.337 e. The first kappa shape index (κ1) is 19.6. The van der Waals surface area contributed by atoms with Crippen molar-refractivity contribution in [3.63, 3.8) is 0 Å². The van der Waals surface area contributed by atoms with Crippen molar-refractivity contribution in [3.8, 4) is 11.4 Å². The molecule has 3 aromatic carbocycles. The van der Waals surface area contributed by atoms with E-state index in [1.807, 2.05) is 61.5 Å². The number of fused-ring (bicyclic) bond motifs is 1. The van der Waals surface area contributed by atoms with Crippen molar-refractivity contribution in [1.82, 2.24) is 15.0 Å². The Morgan fingerprint density at radius 3 is 2.63 bits per heavy atom. The van der Waals surface area contributed by atoms with Gasteiger partial charge in [0.15, 0.2) is 0 Å². The Kier molecular flexibility index (Phi) is 5.70. The van der Waals surface area contributed by atoms with Crippen molar-refractivity contribution in [2.75, 3.05) is 6.54 Å². The van der Waals surface area contributed by atoms with Gasteiger partial charge in [0.05, 0.1) is 6.42 Å². The molecule has 0 aliphatic heterocycles. The van der Waals surface area contributed by atoms with Crippen LogP contribution in [0.25, 0.3) is 22.2 Å². The molecule has 0 spiro atoms. The van der Waals surface area contributed by atoms with E-state index in [1.54, 1.807) is 11.0 Å². The van der Waals surface area contributed by atoms with Gasteiger partial charge in [-0.3, -0.25) is 4.79 Å². The Hall–Kier alpha value is -3.73. The lowest BCUT2D eigenvalue weighted by Gasteiger charge is -2.19. The number of nitrogens with zero attached hydrogens (tertiary/aromatic N) is 3. The molecule has 1 heterocycles. The third kappa shape index (κ3) is 4.30. The van der Waals surface area contributed by atoms with Crippen molar-refractivity contribution in [2.45, 2.75) is 19.9 Å². The lowest BCUT2D eigenvalue weighted by atomic mass is 10.0. The van der Waals surface area contributed by atoms with Crippen LogP contribution in [0.2, 0.25) is 0 Å². The topological polar surface area (TPSA) is 59.2 Å². The molecule has 0 bridgehead atoms. The highest BCUT2D eigenvalue weighted by Gasteiger charge is 2.18. The van der Waals surface area contributed by atoms with Crippen LogP contribution in [0.5, 0.6) is 0 Å². The predicted octanol–water partition coefficient (Wildman–Crippen LogP) is 4.96. The van der Waals surface area contributed by atoms with Crippen LogP contribution in [0.3, 0.4) is 0 Å². The van der Waals surface area contributed by atoms with Crippen molar-refractivity contribution in [3.05, 3.63) is 96.4 Å². The molecule has 5 heteroatoms. The van der Waals surface area contributed by atoms with E-state index in [0.29, 0.717) is 24.7 Å². The summed E-state index contributed by atoms with van der Waals surface area (Å²) < 4.78 is 5.41. The normalized spacial score (nSPS) is 10.8. The van der Waals surface area contributed by atoms with Crippen molar-refractivity contribution < 1.29 is 9.32 Å². The molecule has 0 fully saturated rings. The fourth-order valence-corrected chi connectivity index (χ4v) is 3.43. The SMILES string of the molecule is C=CCN(Cc1nc(-c2ccc(C)cc2)no1)C(=O)Cc1cccc2ccccc12. The first-order chi connectivity index (χ1) is 14.6. The van der Waals surface area contributed by atoms with Gasteiger partial charge in [-0.1, -0.05) is 83.5 Å². The average molecular weight is 397 g/mol. The number of benzene rings is 3. The monoisotopic (exact) mass is 397 g/mol. The van der Waals surface area contributed by atoms with Crippen LogP contribution in [0, 0.1) is 6.92 Å². The van der Waals surface area contributed by atoms with E-state index < -0.39 is 0 Å². The number of rotatable bonds is 7. The Labute approximate surface area is 175 Å². The van der Waals surface area contributed by atoms with E-state index in [1.165, 1.54) is 5.56 Å². The van der Waals surface area contributed by atoms with E-state index in [-0.39, 0.29) is 12.5 Å². The van der Waals surface area contributed by atoms with E-state index >= 15 is 0 Å². The van der Waals surface area contributed by atoms with E-state index in [0.717, 1.165) is 21.9 Å². The highest BCUT2D eigenvalue weighted by atomic mass is 16.5. The maximum absolute atomic E-state index is 13.1. The van der Waals surface area contributed by atoms with Gasteiger partial charge in [-0.2, -0.15) is 4.98 Å². The summed E-state index contributed by atoms with van der Waals surface area (Å²) in [7, 11) is 0. The zero-order chi connectivity index (χ0) is 20.9. The van der Waals surface area contributed by atoms with Gasteiger partial charge >= 0.3 is 0 Å². The number of aryl methyl sites for hydroxylation is 1. The molecule has 0 saturated heterocycles. The van der Waals surface area contributed by atoms with Gasteiger partial charge in [-0.05, 0) is 23.3 Å². The van der Waals surface area contributed by atoms with Crippen LogP contribution in [0.4, 0.5) is 0 Å². The fourth-order valence-electron chi connectivity index (χ4n) is 3.43. The summed E-state index contributed by atoms with van der Waals surface area (Å²) in [5, 5.41) is 6.28. The van der Waals surface area contributed by atoms with Gasteiger partial charge in [0.25, 0.3) is 0 Å². The highest BCUT2D eigenvalue weighted by molar-refractivity contribution is 5.90. The minimum absolute atomic E-state index is 0.0126. The summed E-state index contributed by atoms with van der Waals surface area (Å²) in [6.45, 7) is 6.46. The molecule has 0 aliphatic carbocycles.